The van der Waals surface area contributed by atoms with Crippen LogP contribution in [0.5, 0.6) is 23.0 Å². The number of thiazole rings is 1. The van der Waals surface area contributed by atoms with Crippen molar-refractivity contribution < 1.29 is 32.9 Å². The Labute approximate surface area is 249 Å². The van der Waals surface area contributed by atoms with E-state index in [0.717, 1.165) is 5.56 Å². The van der Waals surface area contributed by atoms with E-state index in [-0.39, 0.29) is 31.1 Å². The number of rotatable bonds is 8. The zero-order valence-electron chi connectivity index (χ0n) is 23.6. The van der Waals surface area contributed by atoms with E-state index < -0.39 is 17.8 Å². The van der Waals surface area contributed by atoms with Crippen LogP contribution in [0.25, 0.3) is 6.08 Å². The van der Waals surface area contributed by atoms with Crippen molar-refractivity contribution in [3.8, 4) is 23.0 Å². The topological polar surface area (TPSA) is 97.6 Å². The van der Waals surface area contributed by atoms with Gasteiger partial charge in [-0.05, 0) is 73.0 Å². The first kappa shape index (κ1) is 28.2. The van der Waals surface area contributed by atoms with E-state index in [1.54, 1.807) is 51.3 Å². The summed E-state index contributed by atoms with van der Waals surface area (Å²) < 4.78 is 43.3. The molecule has 0 aliphatic carbocycles. The minimum absolute atomic E-state index is 0.161. The summed E-state index contributed by atoms with van der Waals surface area (Å²) in [7, 11) is 1.54. The Kier molecular flexibility index (Phi) is 7.73. The molecule has 3 aromatic carbocycles. The third-order valence-electron chi connectivity index (χ3n) is 7.02. The number of allylic oxidation sites excluding steroid dienone is 1. The predicted octanol–water partition coefficient (Wildman–Crippen LogP) is 4.25. The summed E-state index contributed by atoms with van der Waals surface area (Å²) in [5.74, 6) is 1.40. The molecule has 4 aromatic rings. The SMILES string of the molecule is CCOC(=O)C1=C(C)N=c2s/c(=C\c3ccc(OCc4ccc5c(c4)OCO5)c(OC)c3)c(=O)n2[C@@H]1c1ccc(F)cc1. The quantitative estimate of drug-likeness (QED) is 0.278. The van der Waals surface area contributed by atoms with Gasteiger partial charge in [0.1, 0.15) is 12.4 Å². The van der Waals surface area contributed by atoms with Crippen LogP contribution >= 0.6 is 11.3 Å². The van der Waals surface area contributed by atoms with E-state index in [9.17, 15) is 14.0 Å². The van der Waals surface area contributed by atoms with Gasteiger partial charge in [0.25, 0.3) is 5.56 Å². The standard InChI is InChI=1S/C32H27FN2O7S/c1-4-39-31(37)28-18(2)34-32-35(29(28)21-7-9-22(33)10-8-21)30(36)27(43-32)15-19-5-11-23(25(13-19)38-3)40-16-20-6-12-24-26(14-20)42-17-41-24/h5-15,29H,4,16-17H2,1-3H3/b27-15-/t29-/m1/s1. The first-order valence-electron chi connectivity index (χ1n) is 13.5. The summed E-state index contributed by atoms with van der Waals surface area (Å²) in [6.07, 6.45) is 1.74. The van der Waals surface area contributed by atoms with Gasteiger partial charge in [0.15, 0.2) is 27.8 Å². The maximum atomic E-state index is 13.8. The smallest absolute Gasteiger partial charge is 0.338 e. The number of carbonyl (C=O) groups is 1. The first-order valence-corrected chi connectivity index (χ1v) is 14.3. The highest BCUT2D eigenvalue weighted by atomic mass is 32.1. The minimum atomic E-state index is -0.820. The average Bonchev–Trinajstić information content (AvgIpc) is 3.59. The van der Waals surface area contributed by atoms with Gasteiger partial charge in [0.05, 0.1) is 35.6 Å². The van der Waals surface area contributed by atoms with Crippen LogP contribution in [-0.2, 0) is 16.1 Å². The van der Waals surface area contributed by atoms with E-state index >= 15 is 0 Å². The Hall–Kier alpha value is -4.90. The monoisotopic (exact) mass is 602 g/mol. The van der Waals surface area contributed by atoms with E-state index in [0.29, 0.717) is 49.2 Å². The lowest BCUT2D eigenvalue weighted by molar-refractivity contribution is -0.139. The van der Waals surface area contributed by atoms with Gasteiger partial charge in [-0.15, -0.1) is 0 Å². The number of halogens is 1. The van der Waals surface area contributed by atoms with E-state index in [2.05, 4.69) is 4.99 Å². The van der Waals surface area contributed by atoms with Crippen LogP contribution in [0.15, 0.2) is 81.7 Å². The second-order valence-corrected chi connectivity index (χ2v) is 10.7. The van der Waals surface area contributed by atoms with Gasteiger partial charge in [-0.3, -0.25) is 9.36 Å². The fraction of sp³-hybridized carbons (Fsp3) is 0.219. The third-order valence-corrected chi connectivity index (χ3v) is 8.00. The molecule has 43 heavy (non-hydrogen) atoms. The van der Waals surface area contributed by atoms with Crippen molar-refractivity contribution in [2.24, 2.45) is 4.99 Å². The number of ether oxygens (including phenoxy) is 5. The summed E-state index contributed by atoms with van der Waals surface area (Å²) in [5, 5.41) is 0. The number of carbonyl (C=O) groups excluding carboxylic acids is 1. The zero-order valence-corrected chi connectivity index (χ0v) is 24.4. The molecular weight excluding hydrogens is 575 g/mol. The van der Waals surface area contributed by atoms with Crippen molar-refractivity contribution >= 4 is 23.4 Å². The summed E-state index contributed by atoms with van der Waals surface area (Å²) >= 11 is 1.20. The summed E-state index contributed by atoms with van der Waals surface area (Å²) in [6, 6.07) is 15.9. The number of hydrogen-bond donors (Lipinski definition) is 0. The van der Waals surface area contributed by atoms with E-state index in [4.69, 9.17) is 23.7 Å². The van der Waals surface area contributed by atoms with E-state index in [1.807, 2.05) is 24.3 Å². The van der Waals surface area contributed by atoms with Crippen LogP contribution in [0, 0.1) is 5.82 Å². The van der Waals surface area contributed by atoms with Crippen LogP contribution < -0.4 is 33.8 Å². The Bertz CT molecular complexity index is 1930. The summed E-state index contributed by atoms with van der Waals surface area (Å²) in [6.45, 7) is 4.06. The van der Waals surface area contributed by atoms with Gasteiger partial charge in [-0.1, -0.05) is 35.6 Å². The molecule has 0 unspecified atom stereocenters. The lowest BCUT2D eigenvalue weighted by atomic mass is 9.96. The number of fused-ring (bicyclic) bond motifs is 2. The molecule has 0 spiro atoms. The van der Waals surface area contributed by atoms with Gasteiger partial charge < -0.3 is 23.7 Å². The van der Waals surface area contributed by atoms with Gasteiger partial charge in [0, 0.05) is 0 Å². The van der Waals surface area contributed by atoms with Crippen LogP contribution in [0.2, 0.25) is 0 Å². The highest BCUT2D eigenvalue weighted by Crippen LogP contribution is 2.34. The molecule has 3 heterocycles. The van der Waals surface area contributed by atoms with Gasteiger partial charge >= 0.3 is 5.97 Å². The van der Waals surface area contributed by atoms with Gasteiger partial charge in [0.2, 0.25) is 6.79 Å². The van der Waals surface area contributed by atoms with Crippen LogP contribution in [0.3, 0.4) is 0 Å². The number of benzene rings is 3. The number of methoxy groups -OCH3 is 1. The Morgan fingerprint density at radius 1 is 1.09 bits per heavy atom. The van der Waals surface area contributed by atoms with Crippen LogP contribution in [-0.4, -0.2) is 31.0 Å². The fourth-order valence-electron chi connectivity index (χ4n) is 4.99. The Balaban J connectivity index is 1.34. The molecule has 2 aliphatic rings. The maximum Gasteiger partial charge on any atom is 0.338 e. The fourth-order valence-corrected chi connectivity index (χ4v) is 6.03. The van der Waals surface area contributed by atoms with Crippen LogP contribution in [0.1, 0.15) is 36.6 Å². The number of nitrogens with zero attached hydrogens (tertiary/aromatic N) is 2. The molecule has 0 saturated carbocycles. The highest BCUT2D eigenvalue weighted by molar-refractivity contribution is 7.07. The van der Waals surface area contributed by atoms with Crippen molar-refractivity contribution in [3.63, 3.8) is 0 Å². The molecule has 11 heteroatoms. The molecule has 2 aliphatic heterocycles. The normalized spacial score (nSPS) is 15.6. The van der Waals surface area contributed by atoms with Crippen molar-refractivity contribution in [2.45, 2.75) is 26.5 Å². The number of aromatic nitrogens is 1. The molecule has 9 nitrogen and oxygen atoms in total. The van der Waals surface area contributed by atoms with Crippen molar-refractivity contribution in [1.29, 1.82) is 0 Å². The molecular formula is C32H27FN2O7S. The third kappa shape index (κ3) is 5.51. The largest absolute Gasteiger partial charge is 0.493 e. The van der Waals surface area contributed by atoms with Crippen molar-refractivity contribution in [3.05, 3.63) is 114 Å². The maximum absolute atomic E-state index is 13.8. The molecule has 0 amide bonds. The Morgan fingerprint density at radius 3 is 2.65 bits per heavy atom. The molecule has 0 bridgehead atoms. The van der Waals surface area contributed by atoms with Gasteiger partial charge in [-0.25, -0.2) is 14.2 Å². The second-order valence-electron chi connectivity index (χ2n) is 9.74. The van der Waals surface area contributed by atoms with Crippen molar-refractivity contribution in [2.75, 3.05) is 20.5 Å². The number of hydrogen-bond acceptors (Lipinski definition) is 9. The highest BCUT2D eigenvalue weighted by Gasteiger charge is 2.33. The lowest BCUT2D eigenvalue weighted by Crippen LogP contribution is -2.39. The number of esters is 1. The summed E-state index contributed by atoms with van der Waals surface area (Å²) in [5.41, 5.74) is 2.51. The molecule has 220 valence electrons. The minimum Gasteiger partial charge on any atom is -0.493 e. The van der Waals surface area contributed by atoms with Gasteiger partial charge in [-0.2, -0.15) is 0 Å². The molecule has 0 N–H and O–H groups in total. The van der Waals surface area contributed by atoms with Crippen molar-refractivity contribution in [1.82, 2.24) is 4.57 Å². The molecule has 1 atom stereocenters. The predicted molar refractivity (Wildman–Crippen MR) is 157 cm³/mol. The van der Waals surface area contributed by atoms with E-state index in [1.165, 1.54) is 28.0 Å². The Morgan fingerprint density at radius 2 is 1.88 bits per heavy atom. The lowest BCUT2D eigenvalue weighted by Gasteiger charge is -2.24. The zero-order chi connectivity index (χ0) is 30.1. The molecule has 6 rings (SSSR count). The molecule has 0 fully saturated rings. The summed E-state index contributed by atoms with van der Waals surface area (Å²) in [4.78, 5) is 31.8. The average molecular weight is 603 g/mol. The molecule has 0 radical (unpaired) electrons. The second kappa shape index (κ2) is 11.8. The molecule has 1 aromatic heterocycles. The molecule has 0 saturated heterocycles. The first-order chi connectivity index (χ1) is 20.9. The van der Waals surface area contributed by atoms with Crippen LogP contribution in [0.4, 0.5) is 4.39 Å².